The first-order chi connectivity index (χ1) is 14.0. The Morgan fingerprint density at radius 3 is 2.23 bits per heavy atom. The highest BCUT2D eigenvalue weighted by Gasteiger charge is 2.20. The summed E-state index contributed by atoms with van der Waals surface area (Å²) < 4.78 is 28.5. The molecule has 0 saturated heterocycles. The highest BCUT2D eigenvalue weighted by molar-refractivity contribution is 8.00. The molecule has 0 aliphatic heterocycles. The van der Waals surface area contributed by atoms with Gasteiger partial charge in [0.1, 0.15) is 5.75 Å². The van der Waals surface area contributed by atoms with E-state index in [0.29, 0.717) is 10.8 Å². The highest BCUT2D eigenvalue weighted by Crippen LogP contribution is 2.40. The number of phenols is 1. The number of fused-ring (bicyclic) bond motifs is 1. The predicted molar refractivity (Wildman–Crippen MR) is 117 cm³/mol. The number of carboxylic acid groups (broad SMARTS) is 1. The monoisotopic (exact) mass is 444 g/mol. The van der Waals surface area contributed by atoms with Gasteiger partial charge in [-0.05, 0) is 29.2 Å². The van der Waals surface area contributed by atoms with Crippen LogP contribution >= 0.6 is 11.8 Å². The predicted octanol–water partition coefficient (Wildman–Crippen LogP) is 3.49. The molecule has 158 valence electrons. The van der Waals surface area contributed by atoms with E-state index in [4.69, 9.17) is 0 Å². The van der Waals surface area contributed by atoms with E-state index in [1.54, 1.807) is 48.5 Å². The fraction of sp³-hybridized carbons (Fsp3) is 0.227. The number of anilines is 1. The van der Waals surface area contributed by atoms with Gasteiger partial charge in [0.25, 0.3) is 10.0 Å². The number of benzene rings is 3. The maximum Gasteiger partial charge on any atom is 0.261 e. The Hall–Kier alpha value is -2.71. The second kappa shape index (κ2) is 8.20. The molecule has 0 fully saturated rings. The Morgan fingerprint density at radius 1 is 1.07 bits per heavy atom. The van der Waals surface area contributed by atoms with Crippen LogP contribution in [0.2, 0.25) is 0 Å². The third kappa shape index (κ3) is 4.71. The zero-order valence-electron chi connectivity index (χ0n) is 16.8. The van der Waals surface area contributed by atoms with Crippen LogP contribution in [-0.4, -0.2) is 25.2 Å². The first kappa shape index (κ1) is 22.0. The molecule has 8 heteroatoms. The third-order valence-electron chi connectivity index (χ3n) is 4.60. The van der Waals surface area contributed by atoms with Gasteiger partial charge < -0.3 is 15.0 Å². The molecule has 30 heavy (non-hydrogen) atoms. The van der Waals surface area contributed by atoms with Gasteiger partial charge in [0.05, 0.1) is 21.4 Å². The third-order valence-corrected chi connectivity index (χ3v) is 6.99. The van der Waals surface area contributed by atoms with Gasteiger partial charge in [-0.25, -0.2) is 8.42 Å². The van der Waals surface area contributed by atoms with Gasteiger partial charge in [-0.2, -0.15) is 0 Å². The fourth-order valence-electron chi connectivity index (χ4n) is 3.00. The largest absolute Gasteiger partial charge is 0.549 e. The molecule has 3 aromatic carbocycles. The van der Waals surface area contributed by atoms with Crippen molar-refractivity contribution in [2.75, 3.05) is 10.5 Å². The van der Waals surface area contributed by atoms with Gasteiger partial charge in [0, 0.05) is 16.5 Å². The minimum Gasteiger partial charge on any atom is -0.549 e. The number of carbonyl (C=O) groups is 1. The molecule has 6 nitrogen and oxygen atoms in total. The van der Waals surface area contributed by atoms with E-state index in [9.17, 15) is 23.4 Å². The van der Waals surface area contributed by atoms with Crippen LogP contribution in [0.15, 0.2) is 64.4 Å². The van der Waals surface area contributed by atoms with Gasteiger partial charge in [0.15, 0.2) is 0 Å². The molecule has 0 atom stereocenters. The van der Waals surface area contributed by atoms with Crippen LogP contribution in [0.25, 0.3) is 10.8 Å². The van der Waals surface area contributed by atoms with E-state index < -0.39 is 16.0 Å². The number of carbonyl (C=O) groups excluding carboxylic acids is 1. The van der Waals surface area contributed by atoms with Crippen molar-refractivity contribution in [2.45, 2.75) is 36.0 Å². The molecule has 0 bridgehead atoms. The van der Waals surface area contributed by atoms with Crippen LogP contribution in [0.3, 0.4) is 0 Å². The number of aromatic hydroxyl groups is 1. The molecular weight excluding hydrogens is 422 g/mol. The first-order valence-corrected chi connectivity index (χ1v) is 11.7. The summed E-state index contributed by atoms with van der Waals surface area (Å²) in [6.07, 6.45) is 0. The molecule has 0 unspecified atom stereocenters. The molecule has 0 heterocycles. The Morgan fingerprint density at radius 2 is 1.67 bits per heavy atom. The SMILES string of the molecule is CC(C)(C)c1ccc(S(=O)(=O)Nc2cc(SCC(=O)[O-])c(O)c3ccccc23)cc1. The lowest BCUT2D eigenvalue weighted by molar-refractivity contribution is -0.301. The summed E-state index contributed by atoms with van der Waals surface area (Å²) in [5, 5.41) is 22.2. The number of aliphatic carboxylic acids is 1. The summed E-state index contributed by atoms with van der Waals surface area (Å²) >= 11 is 0.864. The van der Waals surface area contributed by atoms with Crippen molar-refractivity contribution in [1.82, 2.24) is 0 Å². The van der Waals surface area contributed by atoms with Crippen molar-refractivity contribution >= 4 is 44.2 Å². The van der Waals surface area contributed by atoms with Gasteiger partial charge in [0.2, 0.25) is 0 Å². The molecule has 3 rings (SSSR count). The number of hydrogen-bond acceptors (Lipinski definition) is 6. The van der Waals surface area contributed by atoms with Crippen LogP contribution in [0.5, 0.6) is 5.75 Å². The van der Waals surface area contributed by atoms with E-state index in [-0.39, 0.29) is 32.4 Å². The van der Waals surface area contributed by atoms with Gasteiger partial charge >= 0.3 is 0 Å². The van der Waals surface area contributed by atoms with Crippen molar-refractivity contribution in [3.63, 3.8) is 0 Å². The normalized spacial score (nSPS) is 12.1. The molecule has 0 saturated carbocycles. The molecule has 0 spiro atoms. The van der Waals surface area contributed by atoms with Crippen molar-refractivity contribution in [1.29, 1.82) is 0 Å². The summed E-state index contributed by atoms with van der Waals surface area (Å²) in [6, 6.07) is 14.9. The quantitative estimate of drug-likeness (QED) is 0.445. The summed E-state index contributed by atoms with van der Waals surface area (Å²) in [4.78, 5) is 11.2. The van der Waals surface area contributed by atoms with E-state index in [0.717, 1.165) is 17.3 Å². The van der Waals surface area contributed by atoms with E-state index in [2.05, 4.69) is 4.72 Å². The lowest BCUT2D eigenvalue weighted by atomic mass is 9.87. The fourth-order valence-corrected chi connectivity index (χ4v) is 4.80. The summed E-state index contributed by atoms with van der Waals surface area (Å²) in [7, 11) is -3.90. The number of phenolic OH excluding ortho intramolecular Hbond substituents is 1. The van der Waals surface area contributed by atoms with E-state index in [1.807, 2.05) is 20.8 Å². The number of nitrogens with one attached hydrogen (secondary N) is 1. The number of sulfonamides is 1. The van der Waals surface area contributed by atoms with Crippen LogP contribution < -0.4 is 9.83 Å². The molecule has 0 aromatic heterocycles. The summed E-state index contributed by atoms with van der Waals surface area (Å²) in [5.74, 6) is -1.75. The zero-order chi connectivity index (χ0) is 22.1. The van der Waals surface area contributed by atoms with Crippen LogP contribution in [0, 0.1) is 0 Å². The Bertz CT molecular complexity index is 1200. The summed E-state index contributed by atoms with van der Waals surface area (Å²) in [6.45, 7) is 6.13. The number of hydrogen-bond donors (Lipinski definition) is 2. The molecule has 0 aliphatic rings. The number of rotatable bonds is 6. The Kier molecular flexibility index (Phi) is 6.01. The number of carboxylic acids is 1. The maximum atomic E-state index is 13.0. The number of thioether (sulfide) groups is 1. The minimum atomic E-state index is -3.90. The van der Waals surface area contributed by atoms with Gasteiger partial charge in [-0.15, -0.1) is 11.8 Å². The van der Waals surface area contributed by atoms with Crippen LogP contribution in [0.1, 0.15) is 26.3 Å². The van der Waals surface area contributed by atoms with Crippen LogP contribution in [0.4, 0.5) is 5.69 Å². The van der Waals surface area contributed by atoms with Gasteiger partial charge in [-0.3, -0.25) is 4.72 Å². The highest BCUT2D eigenvalue weighted by atomic mass is 32.2. The van der Waals surface area contributed by atoms with Crippen molar-refractivity contribution in [3.8, 4) is 5.75 Å². The first-order valence-electron chi connectivity index (χ1n) is 9.20. The Balaban J connectivity index is 2.03. The summed E-state index contributed by atoms with van der Waals surface area (Å²) in [5.41, 5.74) is 1.16. The van der Waals surface area contributed by atoms with Crippen molar-refractivity contribution in [3.05, 3.63) is 60.2 Å². The maximum absolute atomic E-state index is 13.0. The molecule has 0 radical (unpaired) electrons. The van der Waals surface area contributed by atoms with Crippen molar-refractivity contribution < 1.29 is 23.4 Å². The minimum absolute atomic E-state index is 0.102. The van der Waals surface area contributed by atoms with E-state index in [1.165, 1.54) is 6.07 Å². The second-order valence-electron chi connectivity index (χ2n) is 7.86. The lowest BCUT2D eigenvalue weighted by Gasteiger charge is -2.19. The lowest BCUT2D eigenvalue weighted by Crippen LogP contribution is -2.24. The molecule has 3 aromatic rings. The molecular formula is C22H22NO5S2-. The second-order valence-corrected chi connectivity index (χ2v) is 10.6. The zero-order valence-corrected chi connectivity index (χ0v) is 18.4. The molecule has 0 aliphatic carbocycles. The van der Waals surface area contributed by atoms with Crippen molar-refractivity contribution in [2.24, 2.45) is 0 Å². The Labute approximate surface area is 180 Å². The van der Waals surface area contributed by atoms with E-state index >= 15 is 0 Å². The van der Waals surface area contributed by atoms with Crippen LogP contribution in [-0.2, 0) is 20.2 Å². The smallest absolute Gasteiger partial charge is 0.261 e. The topological polar surface area (TPSA) is 107 Å². The van der Waals surface area contributed by atoms with Gasteiger partial charge in [-0.1, -0.05) is 57.2 Å². The standard InChI is InChI=1S/C22H23NO5S2/c1-22(2,3)14-8-10-15(11-9-14)30(27,28)23-18-12-19(29-13-20(24)25)21(26)17-7-5-4-6-16(17)18/h4-12,23,26H,13H2,1-3H3,(H,24,25)/p-1. The average molecular weight is 445 g/mol. The molecule has 2 N–H and O–H groups in total. The molecule has 0 amide bonds. The average Bonchev–Trinajstić information content (AvgIpc) is 2.68.